The molecule has 1 heterocycles. The zero-order valence-electron chi connectivity index (χ0n) is 14.8. The molecule has 0 radical (unpaired) electrons. The average molecular weight is 361 g/mol. The average Bonchev–Trinajstić information content (AvgIpc) is 2.61. The van der Waals surface area contributed by atoms with Crippen molar-refractivity contribution in [3.63, 3.8) is 0 Å². The van der Waals surface area contributed by atoms with Crippen LogP contribution in [0.1, 0.15) is 55.8 Å². The van der Waals surface area contributed by atoms with Gasteiger partial charge in [0, 0.05) is 11.8 Å². The maximum atomic E-state index is 12.1. The van der Waals surface area contributed by atoms with E-state index >= 15 is 0 Å². The number of hydrogen-bond acceptors (Lipinski definition) is 2. The van der Waals surface area contributed by atoms with Gasteiger partial charge in [-0.2, -0.15) is 0 Å². The largest absolute Gasteiger partial charge is 0.573 e. The first-order chi connectivity index (χ1) is 12.5. The van der Waals surface area contributed by atoms with Crippen LogP contribution in [0.3, 0.4) is 0 Å². The summed E-state index contributed by atoms with van der Waals surface area (Å²) in [5.41, 5.74) is 2.43. The van der Waals surface area contributed by atoms with Gasteiger partial charge in [-0.25, -0.2) is 4.98 Å². The maximum Gasteiger partial charge on any atom is 0.573 e. The number of ether oxygens (including phenoxy) is 1. The molecule has 0 saturated carbocycles. The van der Waals surface area contributed by atoms with Gasteiger partial charge in [0.1, 0.15) is 11.4 Å². The Labute approximate surface area is 152 Å². The second-order valence-corrected chi connectivity index (χ2v) is 6.04. The Bertz CT molecular complexity index is 725. The van der Waals surface area contributed by atoms with Crippen molar-refractivity contribution in [3.8, 4) is 17.6 Å². The number of unbranched alkanes of at least 4 members (excludes halogenated alkanes) is 4. The zero-order valence-corrected chi connectivity index (χ0v) is 14.8. The summed E-state index contributed by atoms with van der Waals surface area (Å²) in [4.78, 5) is 4.33. The Hall–Kier alpha value is -2.48. The number of aromatic nitrogens is 1. The van der Waals surface area contributed by atoms with Crippen molar-refractivity contribution in [2.24, 2.45) is 0 Å². The normalized spacial score (nSPS) is 10.9. The third-order valence-corrected chi connectivity index (χ3v) is 3.82. The van der Waals surface area contributed by atoms with Crippen molar-refractivity contribution in [2.45, 2.75) is 51.8 Å². The second kappa shape index (κ2) is 9.86. The molecule has 1 aromatic carbocycles. The molecule has 0 atom stereocenters. The quantitative estimate of drug-likeness (QED) is 0.453. The van der Waals surface area contributed by atoms with E-state index in [4.69, 9.17) is 0 Å². The lowest BCUT2D eigenvalue weighted by Crippen LogP contribution is -2.16. The minimum atomic E-state index is -4.69. The Morgan fingerprint density at radius 2 is 1.65 bits per heavy atom. The van der Waals surface area contributed by atoms with Crippen molar-refractivity contribution in [2.75, 3.05) is 0 Å². The number of aryl methyl sites for hydroxylation is 1. The highest BCUT2D eigenvalue weighted by molar-refractivity contribution is 5.42. The minimum Gasteiger partial charge on any atom is -0.406 e. The lowest BCUT2D eigenvalue weighted by atomic mass is 10.1. The number of rotatable bonds is 7. The smallest absolute Gasteiger partial charge is 0.406 e. The van der Waals surface area contributed by atoms with Gasteiger partial charge in [-0.15, -0.1) is 13.2 Å². The van der Waals surface area contributed by atoms with E-state index in [2.05, 4.69) is 28.5 Å². The highest BCUT2D eigenvalue weighted by atomic mass is 19.4. The van der Waals surface area contributed by atoms with Gasteiger partial charge in [-0.1, -0.05) is 44.6 Å². The molecule has 0 unspecified atom stereocenters. The third-order valence-electron chi connectivity index (χ3n) is 3.82. The fourth-order valence-corrected chi connectivity index (χ4v) is 2.46. The van der Waals surface area contributed by atoms with Crippen LogP contribution in [0.4, 0.5) is 13.2 Å². The fourth-order valence-electron chi connectivity index (χ4n) is 2.46. The molecule has 0 aliphatic heterocycles. The SMILES string of the molecule is CCCCCCCc1ccc(C#Cc2ccc(OC(F)(F)F)cc2)nc1. The molecule has 0 saturated heterocycles. The Morgan fingerprint density at radius 3 is 2.27 bits per heavy atom. The first-order valence-corrected chi connectivity index (χ1v) is 8.79. The second-order valence-electron chi connectivity index (χ2n) is 6.04. The summed E-state index contributed by atoms with van der Waals surface area (Å²) in [7, 11) is 0. The molecule has 26 heavy (non-hydrogen) atoms. The molecular formula is C21H22F3NO. The highest BCUT2D eigenvalue weighted by Crippen LogP contribution is 2.22. The van der Waals surface area contributed by atoms with Crippen molar-refractivity contribution < 1.29 is 17.9 Å². The van der Waals surface area contributed by atoms with Crippen LogP contribution in [0.5, 0.6) is 5.75 Å². The standard InChI is InChI=1S/C21H22F3NO/c1-2-3-4-5-6-7-18-9-13-19(25-16-18)12-8-17-10-14-20(15-11-17)26-21(22,23)24/h9-11,13-16H,2-7H2,1H3. The van der Waals surface area contributed by atoms with Crippen LogP contribution in [0.15, 0.2) is 42.6 Å². The number of pyridine rings is 1. The van der Waals surface area contributed by atoms with Gasteiger partial charge in [0.25, 0.3) is 0 Å². The number of nitrogens with zero attached hydrogens (tertiary/aromatic N) is 1. The molecule has 138 valence electrons. The summed E-state index contributed by atoms with van der Waals surface area (Å²) in [6, 6.07) is 9.35. The molecular weight excluding hydrogens is 339 g/mol. The summed E-state index contributed by atoms with van der Waals surface area (Å²) >= 11 is 0. The molecule has 0 fully saturated rings. The van der Waals surface area contributed by atoms with E-state index in [1.165, 1.54) is 61.9 Å². The van der Waals surface area contributed by atoms with E-state index < -0.39 is 6.36 Å². The van der Waals surface area contributed by atoms with E-state index in [-0.39, 0.29) is 5.75 Å². The van der Waals surface area contributed by atoms with Crippen LogP contribution in [0.25, 0.3) is 0 Å². The van der Waals surface area contributed by atoms with Crippen LogP contribution in [0.2, 0.25) is 0 Å². The summed E-state index contributed by atoms with van der Waals surface area (Å²) in [5.74, 6) is 5.54. The topological polar surface area (TPSA) is 22.1 Å². The molecule has 0 bridgehead atoms. The minimum absolute atomic E-state index is 0.260. The van der Waals surface area contributed by atoms with Crippen LogP contribution >= 0.6 is 0 Å². The summed E-state index contributed by atoms with van der Waals surface area (Å²) in [6.07, 6.45) is 4.38. The van der Waals surface area contributed by atoms with E-state index in [1.54, 1.807) is 0 Å². The molecule has 0 spiro atoms. The zero-order chi connectivity index (χ0) is 18.8. The molecule has 0 aliphatic carbocycles. The predicted octanol–water partition coefficient (Wildman–Crippen LogP) is 5.89. The van der Waals surface area contributed by atoms with E-state index in [1.807, 2.05) is 18.3 Å². The van der Waals surface area contributed by atoms with Gasteiger partial charge in [0.2, 0.25) is 0 Å². The summed E-state index contributed by atoms with van der Waals surface area (Å²) < 4.78 is 40.2. The molecule has 1 aromatic heterocycles. The van der Waals surface area contributed by atoms with Crippen LogP contribution in [-0.2, 0) is 6.42 Å². The van der Waals surface area contributed by atoms with Crippen LogP contribution < -0.4 is 4.74 Å². The Morgan fingerprint density at radius 1 is 0.923 bits per heavy atom. The van der Waals surface area contributed by atoms with E-state index in [9.17, 15) is 13.2 Å². The lowest BCUT2D eigenvalue weighted by Gasteiger charge is -2.07. The number of hydrogen-bond donors (Lipinski definition) is 0. The van der Waals surface area contributed by atoms with E-state index in [0.29, 0.717) is 11.3 Å². The fraction of sp³-hybridized carbons (Fsp3) is 0.381. The Balaban J connectivity index is 1.87. The number of benzene rings is 1. The van der Waals surface area contributed by atoms with Crippen LogP contribution in [0, 0.1) is 11.8 Å². The predicted molar refractivity (Wildman–Crippen MR) is 95.8 cm³/mol. The van der Waals surface area contributed by atoms with Crippen molar-refractivity contribution >= 4 is 0 Å². The number of halogens is 3. The molecule has 2 rings (SSSR count). The van der Waals surface area contributed by atoms with Gasteiger partial charge < -0.3 is 4.74 Å². The molecule has 5 heteroatoms. The van der Waals surface area contributed by atoms with Crippen LogP contribution in [-0.4, -0.2) is 11.3 Å². The molecule has 0 amide bonds. The first kappa shape index (κ1) is 19.8. The van der Waals surface area contributed by atoms with Gasteiger partial charge >= 0.3 is 6.36 Å². The van der Waals surface area contributed by atoms with Gasteiger partial charge in [-0.3, -0.25) is 0 Å². The summed E-state index contributed by atoms with van der Waals surface area (Å²) in [5, 5.41) is 0. The number of alkyl halides is 3. The first-order valence-electron chi connectivity index (χ1n) is 8.79. The molecule has 0 N–H and O–H groups in total. The maximum absolute atomic E-state index is 12.1. The Kier molecular flexibility index (Phi) is 7.53. The lowest BCUT2D eigenvalue weighted by molar-refractivity contribution is -0.274. The van der Waals surface area contributed by atoms with Crippen molar-refractivity contribution in [3.05, 3.63) is 59.4 Å². The van der Waals surface area contributed by atoms with Crippen molar-refractivity contribution in [1.29, 1.82) is 0 Å². The monoisotopic (exact) mass is 361 g/mol. The molecule has 2 aromatic rings. The van der Waals surface area contributed by atoms with Gasteiger partial charge in [0.05, 0.1) is 0 Å². The summed E-state index contributed by atoms with van der Waals surface area (Å²) in [6.45, 7) is 2.20. The highest BCUT2D eigenvalue weighted by Gasteiger charge is 2.30. The molecule has 2 nitrogen and oxygen atoms in total. The van der Waals surface area contributed by atoms with Gasteiger partial charge in [-0.05, 0) is 54.7 Å². The van der Waals surface area contributed by atoms with Gasteiger partial charge in [0.15, 0.2) is 0 Å². The third kappa shape index (κ3) is 7.60. The van der Waals surface area contributed by atoms with Crippen molar-refractivity contribution in [1.82, 2.24) is 4.98 Å². The van der Waals surface area contributed by atoms with E-state index in [0.717, 1.165) is 6.42 Å². The molecule has 0 aliphatic rings.